The van der Waals surface area contributed by atoms with Gasteiger partial charge in [0, 0.05) is 27.2 Å². The van der Waals surface area contributed by atoms with Crippen LogP contribution in [0.25, 0.3) is 11.4 Å². The van der Waals surface area contributed by atoms with E-state index in [1.54, 1.807) is 18.3 Å². The van der Waals surface area contributed by atoms with E-state index >= 15 is 0 Å². The summed E-state index contributed by atoms with van der Waals surface area (Å²) in [4.78, 5) is 27.8. The third kappa shape index (κ3) is 4.74. The molecule has 3 heterocycles. The predicted octanol–water partition coefficient (Wildman–Crippen LogP) is 5.36. The second kappa shape index (κ2) is 10.4. The maximum Gasteiger partial charge on any atom is 0.341 e. The molecule has 0 aromatic carbocycles. The molecule has 1 amide bonds. The van der Waals surface area contributed by atoms with Crippen molar-refractivity contribution in [2.45, 2.75) is 65.1 Å². The van der Waals surface area contributed by atoms with Crippen LogP contribution in [0, 0.1) is 6.92 Å². The molecule has 3 aromatic heterocycles. The SMILES string of the molecule is CCOC(=O)c1c(NC(=O)CSc2nnc(-c3csc(C)c3CC)n2CC)sc2c1CCC2. The van der Waals surface area contributed by atoms with Crippen molar-refractivity contribution in [3.8, 4) is 11.4 Å². The van der Waals surface area contributed by atoms with Gasteiger partial charge in [0.15, 0.2) is 11.0 Å². The van der Waals surface area contributed by atoms with Gasteiger partial charge in [-0.3, -0.25) is 4.79 Å². The normalized spacial score (nSPS) is 12.7. The standard InChI is InChI=1S/C23H28N4O3S3/c1-5-14-13(4)31-11-16(14)20-25-26-23(27(20)6-2)32-12-18(28)24-21-19(22(29)30-7-3)15-9-8-10-17(15)33-21/h11H,5-10,12H2,1-4H3,(H,24,28). The molecule has 33 heavy (non-hydrogen) atoms. The number of hydrogen-bond donors (Lipinski definition) is 1. The van der Waals surface area contributed by atoms with E-state index in [1.807, 2.05) is 0 Å². The van der Waals surface area contributed by atoms with Gasteiger partial charge in [-0.1, -0.05) is 18.7 Å². The summed E-state index contributed by atoms with van der Waals surface area (Å²) in [6.07, 6.45) is 3.78. The molecule has 4 rings (SSSR count). The van der Waals surface area contributed by atoms with Crippen molar-refractivity contribution in [3.05, 3.63) is 31.8 Å². The van der Waals surface area contributed by atoms with Gasteiger partial charge in [-0.2, -0.15) is 0 Å². The summed E-state index contributed by atoms with van der Waals surface area (Å²) in [6.45, 7) is 9.15. The zero-order valence-corrected chi connectivity index (χ0v) is 21.8. The summed E-state index contributed by atoms with van der Waals surface area (Å²) in [5.74, 6) is 0.513. The summed E-state index contributed by atoms with van der Waals surface area (Å²) in [7, 11) is 0. The molecule has 1 aliphatic carbocycles. The Kier molecular flexibility index (Phi) is 7.55. The fourth-order valence-electron chi connectivity index (χ4n) is 4.19. The van der Waals surface area contributed by atoms with Crippen molar-refractivity contribution in [2.24, 2.45) is 0 Å². The fraction of sp³-hybridized carbons (Fsp3) is 0.478. The summed E-state index contributed by atoms with van der Waals surface area (Å²) in [5, 5.41) is 15.2. The Labute approximate surface area is 206 Å². The Morgan fingerprint density at radius 2 is 2.06 bits per heavy atom. The summed E-state index contributed by atoms with van der Waals surface area (Å²) >= 11 is 4.58. The number of nitrogens with zero attached hydrogens (tertiary/aromatic N) is 3. The first kappa shape index (κ1) is 24.0. The maximum absolute atomic E-state index is 12.8. The highest BCUT2D eigenvalue weighted by Gasteiger charge is 2.28. The molecule has 0 unspecified atom stereocenters. The Morgan fingerprint density at radius 3 is 2.79 bits per heavy atom. The molecule has 0 bridgehead atoms. The van der Waals surface area contributed by atoms with Gasteiger partial charge < -0.3 is 14.6 Å². The average Bonchev–Trinajstić information content (AvgIpc) is 3.54. The lowest BCUT2D eigenvalue weighted by atomic mass is 10.1. The zero-order chi connectivity index (χ0) is 23.5. The Balaban J connectivity index is 1.48. The topological polar surface area (TPSA) is 86.1 Å². The highest BCUT2D eigenvalue weighted by Crippen LogP contribution is 2.39. The van der Waals surface area contributed by atoms with E-state index in [9.17, 15) is 9.59 Å². The van der Waals surface area contributed by atoms with Crippen LogP contribution in [0.4, 0.5) is 5.00 Å². The molecule has 176 valence electrons. The minimum absolute atomic E-state index is 0.168. The van der Waals surface area contributed by atoms with E-state index in [2.05, 4.69) is 46.2 Å². The highest BCUT2D eigenvalue weighted by atomic mass is 32.2. The van der Waals surface area contributed by atoms with Crippen LogP contribution in [0.5, 0.6) is 0 Å². The van der Waals surface area contributed by atoms with Crippen molar-refractivity contribution in [2.75, 3.05) is 17.7 Å². The number of carbonyl (C=O) groups excluding carboxylic acids is 2. The summed E-state index contributed by atoms with van der Waals surface area (Å²) in [5.41, 5.74) is 3.99. The van der Waals surface area contributed by atoms with Crippen LogP contribution in [-0.4, -0.2) is 39.0 Å². The molecular formula is C23H28N4O3S3. The predicted molar refractivity (Wildman–Crippen MR) is 135 cm³/mol. The number of thiophene rings is 2. The molecule has 10 heteroatoms. The van der Waals surface area contributed by atoms with Crippen LogP contribution in [0.1, 0.15) is 58.4 Å². The van der Waals surface area contributed by atoms with Crippen LogP contribution in [0.3, 0.4) is 0 Å². The molecule has 0 spiro atoms. The number of esters is 1. The number of thioether (sulfide) groups is 1. The number of hydrogen-bond acceptors (Lipinski definition) is 8. The van der Waals surface area contributed by atoms with Crippen molar-refractivity contribution in [1.29, 1.82) is 0 Å². The monoisotopic (exact) mass is 504 g/mol. The van der Waals surface area contributed by atoms with E-state index in [0.717, 1.165) is 49.2 Å². The lowest BCUT2D eigenvalue weighted by molar-refractivity contribution is -0.113. The van der Waals surface area contributed by atoms with Crippen LogP contribution >= 0.6 is 34.4 Å². The first-order valence-corrected chi connectivity index (χ1v) is 13.9. The van der Waals surface area contributed by atoms with Gasteiger partial charge in [-0.15, -0.1) is 32.9 Å². The van der Waals surface area contributed by atoms with Crippen molar-refractivity contribution in [1.82, 2.24) is 14.8 Å². The molecule has 7 nitrogen and oxygen atoms in total. The average molecular weight is 505 g/mol. The molecule has 3 aromatic rings. The van der Waals surface area contributed by atoms with Gasteiger partial charge in [0.1, 0.15) is 5.00 Å². The first-order valence-electron chi connectivity index (χ1n) is 11.2. The minimum atomic E-state index is -0.354. The number of ether oxygens (including phenoxy) is 1. The largest absolute Gasteiger partial charge is 0.462 e. The number of aromatic nitrogens is 3. The molecule has 0 saturated heterocycles. The third-order valence-electron chi connectivity index (χ3n) is 5.72. The number of rotatable bonds is 9. The van der Waals surface area contributed by atoms with Gasteiger partial charge >= 0.3 is 5.97 Å². The smallest absolute Gasteiger partial charge is 0.341 e. The molecule has 0 atom stereocenters. The first-order chi connectivity index (χ1) is 16.0. The number of fused-ring (bicyclic) bond motifs is 1. The highest BCUT2D eigenvalue weighted by molar-refractivity contribution is 7.99. The lowest BCUT2D eigenvalue weighted by Gasteiger charge is -2.09. The van der Waals surface area contributed by atoms with Crippen LogP contribution in [-0.2, 0) is 35.3 Å². The van der Waals surface area contributed by atoms with E-state index in [1.165, 1.54) is 38.4 Å². The van der Waals surface area contributed by atoms with Gasteiger partial charge in [-0.05, 0) is 57.6 Å². The van der Waals surface area contributed by atoms with E-state index < -0.39 is 0 Å². The number of aryl methyl sites for hydroxylation is 2. The minimum Gasteiger partial charge on any atom is -0.462 e. The van der Waals surface area contributed by atoms with Gasteiger partial charge in [0.2, 0.25) is 5.91 Å². The second-order valence-corrected chi connectivity index (χ2v) is 10.8. The number of amides is 1. The van der Waals surface area contributed by atoms with Crippen LogP contribution in [0.15, 0.2) is 10.5 Å². The second-order valence-electron chi connectivity index (χ2n) is 7.71. The van der Waals surface area contributed by atoms with Crippen LogP contribution in [0.2, 0.25) is 0 Å². The maximum atomic E-state index is 12.8. The van der Waals surface area contributed by atoms with Crippen LogP contribution < -0.4 is 5.32 Å². The third-order valence-corrected chi connectivity index (χ3v) is 8.84. The van der Waals surface area contributed by atoms with Crippen molar-refractivity contribution >= 4 is 51.3 Å². The molecule has 0 aliphatic heterocycles. The van der Waals surface area contributed by atoms with E-state index in [4.69, 9.17) is 4.74 Å². The number of nitrogens with one attached hydrogen (secondary N) is 1. The molecule has 0 radical (unpaired) electrons. The fourth-order valence-corrected chi connectivity index (χ4v) is 7.23. The molecule has 1 N–H and O–H groups in total. The Morgan fingerprint density at radius 1 is 1.24 bits per heavy atom. The van der Waals surface area contributed by atoms with Gasteiger partial charge in [-0.25, -0.2) is 4.79 Å². The molecule has 0 saturated carbocycles. The lowest BCUT2D eigenvalue weighted by Crippen LogP contribution is -2.17. The summed E-state index contributed by atoms with van der Waals surface area (Å²) in [6, 6.07) is 0. The Hall–Kier alpha value is -2.17. The summed E-state index contributed by atoms with van der Waals surface area (Å²) < 4.78 is 7.31. The van der Waals surface area contributed by atoms with Gasteiger partial charge in [0.05, 0.1) is 17.9 Å². The Bertz CT molecular complexity index is 1180. The molecular weight excluding hydrogens is 476 g/mol. The van der Waals surface area contributed by atoms with Crippen molar-refractivity contribution in [3.63, 3.8) is 0 Å². The number of carbonyl (C=O) groups is 2. The van der Waals surface area contributed by atoms with Gasteiger partial charge in [0.25, 0.3) is 0 Å². The van der Waals surface area contributed by atoms with E-state index in [0.29, 0.717) is 22.3 Å². The molecule has 0 fully saturated rings. The van der Waals surface area contributed by atoms with E-state index in [-0.39, 0.29) is 17.6 Å². The molecule has 1 aliphatic rings. The number of anilines is 1. The zero-order valence-electron chi connectivity index (χ0n) is 19.3. The quantitative estimate of drug-likeness (QED) is 0.312. The van der Waals surface area contributed by atoms with Crippen molar-refractivity contribution < 1.29 is 14.3 Å².